The molecule has 1 aliphatic heterocycles. The zero-order chi connectivity index (χ0) is 13.0. The minimum absolute atomic E-state index is 0. The van der Waals surface area contributed by atoms with Crippen LogP contribution < -0.4 is 5.32 Å². The molecule has 2 nitrogen and oxygen atoms in total. The minimum Gasteiger partial charge on any atom is -0.314 e. The zero-order valence-corrected chi connectivity index (χ0v) is 15.5. The summed E-state index contributed by atoms with van der Waals surface area (Å²) in [5.74, 6) is 0. The smallest absolute Gasteiger partial charge is 0.0454 e. The van der Waals surface area contributed by atoms with Crippen molar-refractivity contribution in [1.82, 2.24) is 10.2 Å². The Labute approximate surface area is 147 Å². The van der Waals surface area contributed by atoms with E-state index >= 15 is 0 Å². The molecular formula is C14H22BrCl3N2. The van der Waals surface area contributed by atoms with Gasteiger partial charge in [-0.3, -0.25) is 4.90 Å². The molecule has 0 bridgehead atoms. The number of benzene rings is 1. The van der Waals surface area contributed by atoms with Crippen LogP contribution in [0.15, 0.2) is 22.7 Å². The fourth-order valence-corrected chi connectivity index (χ4v) is 3.19. The van der Waals surface area contributed by atoms with Gasteiger partial charge in [-0.2, -0.15) is 0 Å². The van der Waals surface area contributed by atoms with Crippen molar-refractivity contribution in [2.75, 3.05) is 26.2 Å². The molecule has 1 N–H and O–H groups in total. The quantitative estimate of drug-likeness (QED) is 0.783. The van der Waals surface area contributed by atoms with E-state index in [1.807, 2.05) is 12.1 Å². The van der Waals surface area contributed by atoms with E-state index in [9.17, 15) is 0 Å². The summed E-state index contributed by atoms with van der Waals surface area (Å²) in [6.07, 6.45) is 2.34. The molecule has 1 aliphatic rings. The summed E-state index contributed by atoms with van der Waals surface area (Å²) in [6, 6.07) is 6.62. The van der Waals surface area contributed by atoms with E-state index in [0.29, 0.717) is 6.04 Å². The highest BCUT2D eigenvalue weighted by Crippen LogP contribution is 2.33. The van der Waals surface area contributed by atoms with Gasteiger partial charge in [0.1, 0.15) is 0 Å². The van der Waals surface area contributed by atoms with Crippen LogP contribution in [0.2, 0.25) is 5.02 Å². The summed E-state index contributed by atoms with van der Waals surface area (Å²) >= 11 is 9.93. The van der Waals surface area contributed by atoms with E-state index in [2.05, 4.69) is 39.1 Å². The first-order chi connectivity index (χ1) is 8.72. The molecule has 1 atom stereocenters. The standard InChI is InChI=1S/C14H20BrClN2.2ClH/c1-2-3-14(18-8-6-17-7-9-18)12-10-11(15)4-5-13(12)16;;/h4-5,10,14,17H,2-3,6-9H2,1H3;2*1H/t14-;;/m0../s1. The molecule has 1 aromatic rings. The van der Waals surface area contributed by atoms with Gasteiger partial charge in [0.15, 0.2) is 0 Å². The fraction of sp³-hybridized carbons (Fsp3) is 0.571. The van der Waals surface area contributed by atoms with Crippen molar-refractivity contribution in [3.05, 3.63) is 33.3 Å². The normalized spacial score (nSPS) is 16.9. The number of rotatable bonds is 4. The van der Waals surface area contributed by atoms with E-state index in [1.165, 1.54) is 12.0 Å². The van der Waals surface area contributed by atoms with Gasteiger partial charge in [0.05, 0.1) is 0 Å². The molecule has 2 rings (SSSR count). The molecule has 20 heavy (non-hydrogen) atoms. The predicted molar refractivity (Wildman–Crippen MR) is 95.7 cm³/mol. The molecule has 0 aliphatic carbocycles. The highest BCUT2D eigenvalue weighted by atomic mass is 79.9. The minimum atomic E-state index is 0. The van der Waals surface area contributed by atoms with Crippen LogP contribution in [0.1, 0.15) is 31.4 Å². The lowest BCUT2D eigenvalue weighted by Gasteiger charge is -2.35. The van der Waals surface area contributed by atoms with Crippen molar-refractivity contribution in [2.24, 2.45) is 0 Å². The second kappa shape index (κ2) is 10.3. The van der Waals surface area contributed by atoms with Gasteiger partial charge in [-0.15, -0.1) is 24.8 Å². The monoisotopic (exact) mass is 402 g/mol. The van der Waals surface area contributed by atoms with Crippen molar-refractivity contribution in [2.45, 2.75) is 25.8 Å². The molecule has 1 saturated heterocycles. The first kappa shape index (κ1) is 20.5. The van der Waals surface area contributed by atoms with Gasteiger partial charge < -0.3 is 5.32 Å². The maximum absolute atomic E-state index is 6.38. The third-order valence-electron chi connectivity index (χ3n) is 3.47. The van der Waals surface area contributed by atoms with Gasteiger partial charge in [-0.25, -0.2) is 0 Å². The molecule has 0 aromatic heterocycles. The Morgan fingerprint density at radius 3 is 2.55 bits per heavy atom. The fourth-order valence-electron chi connectivity index (χ4n) is 2.57. The SMILES string of the molecule is CCC[C@@H](c1cc(Br)ccc1Cl)N1CCNCC1.Cl.Cl. The Hall–Kier alpha value is 0.490. The van der Waals surface area contributed by atoms with Crippen LogP contribution in [0.3, 0.4) is 0 Å². The molecular weight excluding hydrogens is 382 g/mol. The number of nitrogens with zero attached hydrogens (tertiary/aromatic N) is 1. The first-order valence-electron chi connectivity index (χ1n) is 6.62. The second-order valence-electron chi connectivity index (χ2n) is 4.76. The Kier molecular flexibility index (Phi) is 10.5. The van der Waals surface area contributed by atoms with Gasteiger partial charge in [0.2, 0.25) is 0 Å². The number of piperazine rings is 1. The molecule has 116 valence electrons. The Balaban J connectivity index is 0.00000180. The first-order valence-corrected chi connectivity index (χ1v) is 7.79. The van der Waals surface area contributed by atoms with E-state index in [1.54, 1.807) is 0 Å². The number of halogens is 4. The van der Waals surface area contributed by atoms with Crippen LogP contribution in [0.4, 0.5) is 0 Å². The maximum Gasteiger partial charge on any atom is 0.0454 e. The average molecular weight is 405 g/mol. The predicted octanol–water partition coefficient (Wildman–Crippen LogP) is 4.69. The van der Waals surface area contributed by atoms with Crippen LogP contribution in [0.5, 0.6) is 0 Å². The largest absolute Gasteiger partial charge is 0.314 e. The topological polar surface area (TPSA) is 15.3 Å². The van der Waals surface area contributed by atoms with E-state index < -0.39 is 0 Å². The van der Waals surface area contributed by atoms with Crippen molar-refractivity contribution in [1.29, 1.82) is 0 Å². The lowest BCUT2D eigenvalue weighted by molar-refractivity contribution is 0.164. The number of hydrogen-bond acceptors (Lipinski definition) is 2. The summed E-state index contributed by atoms with van der Waals surface area (Å²) in [5.41, 5.74) is 1.26. The van der Waals surface area contributed by atoms with Gasteiger partial charge in [0, 0.05) is 41.7 Å². The van der Waals surface area contributed by atoms with E-state index in [0.717, 1.165) is 42.1 Å². The summed E-state index contributed by atoms with van der Waals surface area (Å²) in [6.45, 7) is 6.60. The third-order valence-corrected chi connectivity index (χ3v) is 4.31. The average Bonchev–Trinajstić information content (AvgIpc) is 2.40. The van der Waals surface area contributed by atoms with Crippen molar-refractivity contribution in [3.63, 3.8) is 0 Å². The number of hydrogen-bond donors (Lipinski definition) is 1. The Bertz CT molecular complexity index is 398. The molecule has 0 saturated carbocycles. The van der Waals surface area contributed by atoms with Crippen molar-refractivity contribution < 1.29 is 0 Å². The molecule has 0 amide bonds. The Morgan fingerprint density at radius 2 is 1.95 bits per heavy atom. The summed E-state index contributed by atoms with van der Waals surface area (Å²) < 4.78 is 1.11. The maximum atomic E-state index is 6.38. The molecule has 1 aromatic carbocycles. The van der Waals surface area contributed by atoms with Gasteiger partial charge in [-0.05, 0) is 30.2 Å². The van der Waals surface area contributed by atoms with Crippen LogP contribution in [-0.2, 0) is 0 Å². The molecule has 1 heterocycles. The van der Waals surface area contributed by atoms with Crippen molar-refractivity contribution >= 4 is 52.3 Å². The molecule has 1 fully saturated rings. The van der Waals surface area contributed by atoms with Crippen LogP contribution >= 0.6 is 52.3 Å². The van der Waals surface area contributed by atoms with Gasteiger partial charge in [-0.1, -0.05) is 40.9 Å². The van der Waals surface area contributed by atoms with Crippen LogP contribution in [-0.4, -0.2) is 31.1 Å². The van der Waals surface area contributed by atoms with E-state index in [-0.39, 0.29) is 24.8 Å². The van der Waals surface area contributed by atoms with E-state index in [4.69, 9.17) is 11.6 Å². The van der Waals surface area contributed by atoms with Gasteiger partial charge >= 0.3 is 0 Å². The molecule has 0 radical (unpaired) electrons. The zero-order valence-electron chi connectivity index (χ0n) is 11.6. The summed E-state index contributed by atoms with van der Waals surface area (Å²) in [7, 11) is 0. The lowest BCUT2D eigenvalue weighted by Crippen LogP contribution is -2.45. The summed E-state index contributed by atoms with van der Waals surface area (Å²) in [5, 5.41) is 4.29. The van der Waals surface area contributed by atoms with Crippen molar-refractivity contribution in [3.8, 4) is 0 Å². The molecule has 6 heteroatoms. The molecule has 0 spiro atoms. The lowest BCUT2D eigenvalue weighted by atomic mass is 10.00. The van der Waals surface area contributed by atoms with Crippen LogP contribution in [0, 0.1) is 0 Å². The number of nitrogens with one attached hydrogen (secondary N) is 1. The highest BCUT2D eigenvalue weighted by Gasteiger charge is 2.23. The highest BCUT2D eigenvalue weighted by molar-refractivity contribution is 9.10. The van der Waals surface area contributed by atoms with Gasteiger partial charge in [0.25, 0.3) is 0 Å². The third kappa shape index (κ3) is 5.36. The summed E-state index contributed by atoms with van der Waals surface area (Å²) in [4.78, 5) is 2.55. The van der Waals surface area contributed by atoms with Crippen LogP contribution in [0.25, 0.3) is 0 Å². The second-order valence-corrected chi connectivity index (χ2v) is 6.08. The molecule has 0 unspecified atom stereocenters. The Morgan fingerprint density at radius 1 is 1.30 bits per heavy atom.